The first kappa shape index (κ1) is 19.7. The van der Waals surface area contributed by atoms with Crippen LogP contribution in [0.15, 0.2) is 65.6 Å². The van der Waals surface area contributed by atoms with Crippen LogP contribution in [0.1, 0.15) is 12.5 Å². The molecular formula is C19H22ClNO3S. The molecule has 25 heavy (non-hydrogen) atoms. The maximum atomic E-state index is 12.9. The first-order chi connectivity index (χ1) is 11.9. The normalized spacial score (nSPS) is 13.4. The van der Waals surface area contributed by atoms with Crippen LogP contribution in [0, 0.1) is 0 Å². The molecule has 0 aromatic heterocycles. The molecule has 0 N–H and O–H groups in total. The number of benzene rings is 2. The van der Waals surface area contributed by atoms with Crippen molar-refractivity contribution in [2.45, 2.75) is 17.9 Å². The summed E-state index contributed by atoms with van der Waals surface area (Å²) < 4.78 is 32.5. The SMILES string of the molecule is COC(C)CN(CC=Cc1ccccc1)S(=O)(=O)c1ccc(Cl)cc1. The van der Waals surface area contributed by atoms with E-state index < -0.39 is 10.0 Å². The number of rotatable bonds is 8. The largest absolute Gasteiger partial charge is 0.380 e. The fourth-order valence-electron chi connectivity index (χ4n) is 2.26. The highest BCUT2D eigenvalue weighted by molar-refractivity contribution is 7.89. The Labute approximate surface area is 154 Å². The molecule has 0 aliphatic rings. The Bertz CT molecular complexity index is 789. The summed E-state index contributed by atoms with van der Waals surface area (Å²) in [7, 11) is -2.07. The predicted octanol–water partition coefficient (Wildman–Crippen LogP) is 4.08. The van der Waals surface area contributed by atoms with Gasteiger partial charge in [0, 0.05) is 25.2 Å². The highest BCUT2D eigenvalue weighted by atomic mass is 35.5. The van der Waals surface area contributed by atoms with E-state index >= 15 is 0 Å². The molecule has 0 fully saturated rings. The molecule has 0 spiro atoms. The summed E-state index contributed by atoms with van der Waals surface area (Å²) in [6.07, 6.45) is 3.53. The van der Waals surface area contributed by atoms with Gasteiger partial charge in [-0.15, -0.1) is 0 Å². The minimum atomic E-state index is -3.63. The van der Waals surface area contributed by atoms with E-state index in [4.69, 9.17) is 16.3 Å². The molecule has 0 amide bonds. The van der Waals surface area contributed by atoms with E-state index in [1.54, 1.807) is 19.2 Å². The van der Waals surface area contributed by atoms with Crippen LogP contribution in [0.3, 0.4) is 0 Å². The summed E-state index contributed by atoms with van der Waals surface area (Å²) in [6.45, 7) is 2.36. The lowest BCUT2D eigenvalue weighted by Gasteiger charge is -2.23. The van der Waals surface area contributed by atoms with Gasteiger partial charge in [-0.3, -0.25) is 0 Å². The monoisotopic (exact) mass is 379 g/mol. The molecule has 0 saturated heterocycles. The maximum absolute atomic E-state index is 12.9. The molecule has 0 aliphatic heterocycles. The Morgan fingerprint density at radius 2 is 1.76 bits per heavy atom. The number of nitrogens with zero attached hydrogens (tertiary/aromatic N) is 1. The van der Waals surface area contributed by atoms with Gasteiger partial charge in [0.2, 0.25) is 10.0 Å². The van der Waals surface area contributed by atoms with Crippen molar-refractivity contribution in [3.63, 3.8) is 0 Å². The van der Waals surface area contributed by atoms with Gasteiger partial charge >= 0.3 is 0 Å². The summed E-state index contributed by atoms with van der Waals surface area (Å²) in [5.74, 6) is 0. The van der Waals surface area contributed by atoms with Gasteiger partial charge in [-0.05, 0) is 36.8 Å². The summed E-state index contributed by atoms with van der Waals surface area (Å²) >= 11 is 5.86. The van der Waals surface area contributed by atoms with Crippen LogP contribution in [0.25, 0.3) is 6.08 Å². The second-order valence-corrected chi connectivity index (χ2v) is 8.01. The lowest BCUT2D eigenvalue weighted by Crippen LogP contribution is -2.37. The number of hydrogen-bond donors (Lipinski definition) is 0. The molecule has 6 heteroatoms. The van der Waals surface area contributed by atoms with E-state index in [-0.39, 0.29) is 24.1 Å². The third kappa shape index (κ3) is 5.68. The second kappa shape index (κ2) is 9.15. The van der Waals surface area contributed by atoms with E-state index in [0.29, 0.717) is 5.02 Å². The van der Waals surface area contributed by atoms with Crippen LogP contribution in [-0.4, -0.2) is 39.0 Å². The summed E-state index contributed by atoms with van der Waals surface area (Å²) in [4.78, 5) is 0.216. The van der Waals surface area contributed by atoms with E-state index in [1.807, 2.05) is 49.4 Å². The number of hydrogen-bond acceptors (Lipinski definition) is 3. The summed E-state index contributed by atoms with van der Waals surface area (Å²) in [6, 6.07) is 15.9. The fourth-order valence-corrected chi connectivity index (χ4v) is 3.85. The van der Waals surface area contributed by atoms with Crippen LogP contribution >= 0.6 is 11.6 Å². The second-order valence-electron chi connectivity index (χ2n) is 5.64. The minimum absolute atomic E-state index is 0.216. The highest BCUT2D eigenvalue weighted by Gasteiger charge is 2.25. The average Bonchev–Trinajstić information content (AvgIpc) is 2.62. The Morgan fingerprint density at radius 1 is 1.12 bits per heavy atom. The van der Waals surface area contributed by atoms with Crippen LogP contribution < -0.4 is 0 Å². The number of halogens is 1. The first-order valence-corrected chi connectivity index (χ1v) is 9.75. The number of ether oxygens (including phenoxy) is 1. The van der Waals surface area contributed by atoms with Crippen molar-refractivity contribution in [3.05, 3.63) is 71.3 Å². The molecule has 2 rings (SSSR count). The standard InChI is InChI=1S/C19H22ClNO3S/c1-16(24-2)15-21(14-6-9-17-7-4-3-5-8-17)25(22,23)19-12-10-18(20)11-13-19/h3-13,16H,14-15H2,1-2H3. The van der Waals surface area contributed by atoms with Gasteiger partial charge in [-0.1, -0.05) is 54.1 Å². The topological polar surface area (TPSA) is 46.6 Å². The van der Waals surface area contributed by atoms with Crippen molar-refractivity contribution in [2.24, 2.45) is 0 Å². The smallest absolute Gasteiger partial charge is 0.243 e. The van der Waals surface area contributed by atoms with E-state index in [2.05, 4.69) is 0 Å². The Morgan fingerprint density at radius 3 is 2.36 bits per heavy atom. The van der Waals surface area contributed by atoms with Crippen LogP contribution in [0.5, 0.6) is 0 Å². The molecule has 1 atom stereocenters. The number of sulfonamides is 1. The van der Waals surface area contributed by atoms with Crippen LogP contribution in [-0.2, 0) is 14.8 Å². The summed E-state index contributed by atoms with van der Waals surface area (Å²) in [5, 5.41) is 0.500. The quantitative estimate of drug-likeness (QED) is 0.694. The third-order valence-electron chi connectivity index (χ3n) is 3.73. The van der Waals surface area contributed by atoms with Gasteiger partial charge < -0.3 is 4.74 Å². The molecule has 0 bridgehead atoms. The van der Waals surface area contributed by atoms with Gasteiger partial charge in [0.25, 0.3) is 0 Å². The Kier molecular flexibility index (Phi) is 7.20. The number of methoxy groups -OCH3 is 1. The van der Waals surface area contributed by atoms with Crippen molar-refractivity contribution >= 4 is 27.7 Å². The van der Waals surface area contributed by atoms with Crippen LogP contribution in [0.2, 0.25) is 5.02 Å². The Balaban J connectivity index is 2.22. The highest BCUT2D eigenvalue weighted by Crippen LogP contribution is 2.19. The molecule has 134 valence electrons. The molecule has 0 heterocycles. The lowest BCUT2D eigenvalue weighted by atomic mass is 10.2. The fraction of sp³-hybridized carbons (Fsp3) is 0.263. The van der Waals surface area contributed by atoms with Crippen molar-refractivity contribution in [3.8, 4) is 0 Å². The van der Waals surface area contributed by atoms with Gasteiger partial charge in [0.05, 0.1) is 11.0 Å². The summed E-state index contributed by atoms with van der Waals surface area (Å²) in [5.41, 5.74) is 1.02. The molecule has 4 nitrogen and oxygen atoms in total. The van der Waals surface area contributed by atoms with Gasteiger partial charge in [-0.25, -0.2) is 8.42 Å². The van der Waals surface area contributed by atoms with Crippen LogP contribution in [0.4, 0.5) is 0 Å². The van der Waals surface area contributed by atoms with Crippen molar-refractivity contribution in [1.29, 1.82) is 0 Å². The zero-order valence-corrected chi connectivity index (χ0v) is 15.9. The van der Waals surface area contributed by atoms with E-state index in [9.17, 15) is 8.42 Å². The first-order valence-electron chi connectivity index (χ1n) is 7.93. The average molecular weight is 380 g/mol. The zero-order chi connectivity index (χ0) is 18.3. The van der Waals surface area contributed by atoms with Gasteiger partial charge in [0.1, 0.15) is 0 Å². The van der Waals surface area contributed by atoms with Gasteiger partial charge in [-0.2, -0.15) is 4.31 Å². The molecule has 1 unspecified atom stereocenters. The molecule has 0 saturated carbocycles. The van der Waals surface area contributed by atoms with Crippen molar-refractivity contribution in [1.82, 2.24) is 4.31 Å². The molecule has 2 aromatic rings. The third-order valence-corrected chi connectivity index (χ3v) is 5.83. The Hall–Kier alpha value is -1.66. The molecule has 0 aliphatic carbocycles. The zero-order valence-electron chi connectivity index (χ0n) is 14.3. The molecule has 0 radical (unpaired) electrons. The lowest BCUT2D eigenvalue weighted by molar-refractivity contribution is 0.101. The van der Waals surface area contributed by atoms with E-state index in [1.165, 1.54) is 16.4 Å². The van der Waals surface area contributed by atoms with E-state index in [0.717, 1.165) is 5.56 Å². The minimum Gasteiger partial charge on any atom is -0.380 e. The van der Waals surface area contributed by atoms with Crippen molar-refractivity contribution in [2.75, 3.05) is 20.2 Å². The maximum Gasteiger partial charge on any atom is 0.243 e. The molecule has 2 aromatic carbocycles. The molecular weight excluding hydrogens is 358 g/mol. The van der Waals surface area contributed by atoms with Gasteiger partial charge in [0.15, 0.2) is 0 Å². The predicted molar refractivity (Wildman–Crippen MR) is 102 cm³/mol. The van der Waals surface area contributed by atoms with Crippen molar-refractivity contribution < 1.29 is 13.2 Å².